The minimum atomic E-state index is 0.294. The Balaban J connectivity index is 2.19. The van der Waals surface area contributed by atoms with Crippen molar-refractivity contribution in [3.63, 3.8) is 0 Å². The molecule has 1 aromatic rings. The van der Waals surface area contributed by atoms with Crippen LogP contribution in [0.15, 0.2) is 0 Å². The highest BCUT2D eigenvalue weighted by molar-refractivity contribution is 5.48. The van der Waals surface area contributed by atoms with Gasteiger partial charge in [0.1, 0.15) is 11.6 Å². The highest BCUT2D eigenvalue weighted by Crippen LogP contribution is 2.26. The predicted molar refractivity (Wildman–Crippen MR) is 86.9 cm³/mol. The summed E-state index contributed by atoms with van der Waals surface area (Å²) >= 11 is 0. The van der Waals surface area contributed by atoms with E-state index in [9.17, 15) is 0 Å². The Morgan fingerprint density at radius 1 is 1.29 bits per heavy atom. The maximum absolute atomic E-state index is 5.82. The number of aromatic nitrogens is 2. The molecule has 2 rings (SSSR count). The minimum absolute atomic E-state index is 0.294. The molecule has 0 radical (unpaired) electrons. The van der Waals surface area contributed by atoms with Crippen LogP contribution < -0.4 is 5.32 Å². The molecule has 1 N–H and O–H groups in total. The Kier molecular flexibility index (Phi) is 5.97. The fourth-order valence-corrected chi connectivity index (χ4v) is 2.97. The van der Waals surface area contributed by atoms with Crippen molar-refractivity contribution >= 4 is 5.82 Å². The maximum Gasteiger partial charge on any atom is 0.133 e. The Hall–Kier alpha value is -1.16. The first kappa shape index (κ1) is 16.2. The number of nitrogens with zero attached hydrogens (tertiary/aromatic N) is 2. The Morgan fingerprint density at radius 2 is 2.10 bits per heavy atom. The first-order chi connectivity index (χ1) is 10.1. The number of rotatable bonds is 6. The SMILES string of the molecule is CCCNc1nc(CC2CCCCO2)nc(C)c1C(C)C. The number of hydrogen-bond acceptors (Lipinski definition) is 4. The summed E-state index contributed by atoms with van der Waals surface area (Å²) in [5.74, 6) is 2.37. The van der Waals surface area contributed by atoms with Gasteiger partial charge in [-0.15, -0.1) is 0 Å². The molecule has 1 atom stereocenters. The van der Waals surface area contributed by atoms with E-state index in [-0.39, 0.29) is 0 Å². The monoisotopic (exact) mass is 291 g/mol. The largest absolute Gasteiger partial charge is 0.378 e. The molecule has 1 aliphatic rings. The zero-order chi connectivity index (χ0) is 15.2. The molecule has 0 aromatic carbocycles. The van der Waals surface area contributed by atoms with Gasteiger partial charge in [0.05, 0.1) is 6.10 Å². The number of anilines is 1. The summed E-state index contributed by atoms with van der Waals surface area (Å²) in [7, 11) is 0. The van der Waals surface area contributed by atoms with E-state index in [2.05, 4.69) is 33.0 Å². The van der Waals surface area contributed by atoms with Gasteiger partial charge in [0, 0.05) is 30.8 Å². The van der Waals surface area contributed by atoms with Crippen LogP contribution in [0.5, 0.6) is 0 Å². The lowest BCUT2D eigenvalue weighted by Gasteiger charge is -2.23. The third kappa shape index (κ3) is 4.40. The van der Waals surface area contributed by atoms with E-state index in [1.165, 1.54) is 18.4 Å². The summed E-state index contributed by atoms with van der Waals surface area (Å²) in [5.41, 5.74) is 2.35. The molecule has 1 aliphatic heterocycles. The summed E-state index contributed by atoms with van der Waals surface area (Å²) in [6.45, 7) is 10.5. The van der Waals surface area contributed by atoms with Crippen LogP contribution in [0.25, 0.3) is 0 Å². The standard InChI is InChI=1S/C17H29N3O/c1-5-9-18-17-16(12(2)3)13(4)19-15(20-17)11-14-8-6-7-10-21-14/h12,14H,5-11H2,1-4H3,(H,18,19,20). The third-order valence-electron chi connectivity index (χ3n) is 3.99. The van der Waals surface area contributed by atoms with E-state index in [0.717, 1.165) is 49.8 Å². The van der Waals surface area contributed by atoms with Gasteiger partial charge in [-0.3, -0.25) is 0 Å². The molecule has 0 spiro atoms. The normalized spacial score (nSPS) is 19.0. The van der Waals surface area contributed by atoms with E-state index < -0.39 is 0 Å². The van der Waals surface area contributed by atoms with Crippen molar-refractivity contribution in [3.05, 3.63) is 17.1 Å². The molecule has 2 heterocycles. The van der Waals surface area contributed by atoms with E-state index in [1.807, 2.05) is 0 Å². The van der Waals surface area contributed by atoms with Gasteiger partial charge in [-0.1, -0.05) is 20.8 Å². The molecule has 1 fully saturated rings. The Labute approximate surface area is 128 Å². The molecule has 21 heavy (non-hydrogen) atoms. The van der Waals surface area contributed by atoms with Crippen LogP contribution in [-0.2, 0) is 11.2 Å². The number of hydrogen-bond donors (Lipinski definition) is 1. The van der Waals surface area contributed by atoms with Gasteiger partial charge < -0.3 is 10.1 Å². The second kappa shape index (κ2) is 7.74. The average Bonchev–Trinajstić information content (AvgIpc) is 2.45. The van der Waals surface area contributed by atoms with Gasteiger partial charge in [-0.25, -0.2) is 9.97 Å². The predicted octanol–water partition coefficient (Wildman–Crippen LogP) is 3.84. The summed E-state index contributed by atoms with van der Waals surface area (Å²) < 4.78 is 5.82. The summed E-state index contributed by atoms with van der Waals surface area (Å²) in [5, 5.41) is 3.47. The Bertz CT molecular complexity index is 454. The van der Waals surface area contributed by atoms with Gasteiger partial charge >= 0.3 is 0 Å². The van der Waals surface area contributed by atoms with Crippen LogP contribution in [0.4, 0.5) is 5.82 Å². The second-order valence-electron chi connectivity index (χ2n) is 6.26. The molecular weight excluding hydrogens is 262 g/mol. The van der Waals surface area contributed by atoms with Crippen LogP contribution in [0.2, 0.25) is 0 Å². The van der Waals surface area contributed by atoms with E-state index in [1.54, 1.807) is 0 Å². The molecule has 4 nitrogen and oxygen atoms in total. The lowest BCUT2D eigenvalue weighted by molar-refractivity contribution is 0.0156. The lowest BCUT2D eigenvalue weighted by Crippen LogP contribution is -2.23. The molecule has 1 unspecified atom stereocenters. The topological polar surface area (TPSA) is 47.0 Å². The van der Waals surface area contributed by atoms with Gasteiger partial charge in [0.2, 0.25) is 0 Å². The van der Waals surface area contributed by atoms with E-state index in [4.69, 9.17) is 14.7 Å². The van der Waals surface area contributed by atoms with Crippen molar-refractivity contribution in [3.8, 4) is 0 Å². The van der Waals surface area contributed by atoms with Gasteiger partial charge in [0.15, 0.2) is 0 Å². The highest BCUT2D eigenvalue weighted by atomic mass is 16.5. The van der Waals surface area contributed by atoms with Crippen molar-refractivity contribution in [2.75, 3.05) is 18.5 Å². The van der Waals surface area contributed by atoms with Crippen molar-refractivity contribution in [1.82, 2.24) is 9.97 Å². The quantitative estimate of drug-likeness (QED) is 0.865. The number of aryl methyl sites for hydroxylation is 1. The van der Waals surface area contributed by atoms with Crippen LogP contribution in [0.3, 0.4) is 0 Å². The lowest BCUT2D eigenvalue weighted by atomic mass is 10.0. The van der Waals surface area contributed by atoms with Crippen molar-refractivity contribution in [2.45, 2.75) is 71.8 Å². The van der Waals surface area contributed by atoms with Crippen LogP contribution >= 0.6 is 0 Å². The molecule has 1 aromatic heterocycles. The summed E-state index contributed by atoms with van der Waals surface area (Å²) in [4.78, 5) is 9.51. The summed E-state index contributed by atoms with van der Waals surface area (Å²) in [6.07, 6.45) is 5.80. The van der Waals surface area contributed by atoms with Gasteiger partial charge in [0.25, 0.3) is 0 Å². The minimum Gasteiger partial charge on any atom is -0.378 e. The molecular formula is C17H29N3O. The first-order valence-corrected chi connectivity index (χ1v) is 8.34. The van der Waals surface area contributed by atoms with Crippen molar-refractivity contribution < 1.29 is 4.74 Å². The number of ether oxygens (including phenoxy) is 1. The van der Waals surface area contributed by atoms with Crippen LogP contribution in [0, 0.1) is 6.92 Å². The fourth-order valence-electron chi connectivity index (χ4n) is 2.97. The zero-order valence-corrected chi connectivity index (χ0v) is 13.9. The van der Waals surface area contributed by atoms with Crippen LogP contribution in [-0.4, -0.2) is 29.2 Å². The highest BCUT2D eigenvalue weighted by Gasteiger charge is 2.19. The average molecular weight is 291 g/mol. The smallest absolute Gasteiger partial charge is 0.133 e. The van der Waals surface area contributed by atoms with Gasteiger partial charge in [-0.05, 0) is 38.5 Å². The molecule has 118 valence electrons. The Morgan fingerprint density at radius 3 is 2.71 bits per heavy atom. The third-order valence-corrected chi connectivity index (χ3v) is 3.99. The summed E-state index contributed by atoms with van der Waals surface area (Å²) in [6, 6.07) is 0. The molecule has 0 amide bonds. The molecule has 1 saturated heterocycles. The zero-order valence-electron chi connectivity index (χ0n) is 13.9. The van der Waals surface area contributed by atoms with Gasteiger partial charge in [-0.2, -0.15) is 0 Å². The first-order valence-electron chi connectivity index (χ1n) is 8.34. The molecule has 4 heteroatoms. The molecule has 0 aliphatic carbocycles. The second-order valence-corrected chi connectivity index (χ2v) is 6.26. The maximum atomic E-state index is 5.82. The fraction of sp³-hybridized carbons (Fsp3) is 0.765. The van der Waals surface area contributed by atoms with Crippen LogP contribution in [0.1, 0.15) is 69.5 Å². The van der Waals surface area contributed by atoms with E-state index >= 15 is 0 Å². The number of nitrogens with one attached hydrogen (secondary N) is 1. The van der Waals surface area contributed by atoms with Crippen molar-refractivity contribution in [1.29, 1.82) is 0 Å². The van der Waals surface area contributed by atoms with Crippen molar-refractivity contribution in [2.24, 2.45) is 0 Å². The molecule has 0 bridgehead atoms. The van der Waals surface area contributed by atoms with E-state index in [0.29, 0.717) is 12.0 Å². The molecule has 0 saturated carbocycles.